The Morgan fingerprint density at radius 2 is 2.36 bits per heavy atom. The molecule has 2 N–H and O–H groups in total. The third-order valence-corrected chi connectivity index (χ3v) is 2.51. The average Bonchev–Trinajstić information content (AvgIpc) is 2.71. The van der Waals surface area contributed by atoms with Crippen molar-refractivity contribution < 1.29 is 15.0 Å². The Labute approximate surface area is 80.2 Å². The van der Waals surface area contributed by atoms with Crippen LogP contribution in [0.2, 0.25) is 0 Å². The van der Waals surface area contributed by atoms with Gasteiger partial charge in [-0.25, -0.2) is 9.48 Å². The summed E-state index contributed by atoms with van der Waals surface area (Å²) in [5.74, 6) is -1.09. The standard InChI is InChI=1S/C8H11N3O3/c12-7-3-1-2-6(7)11-4-5(8(13)14)9-10-11/h4,6-7,12H,1-3H2,(H,13,14). The van der Waals surface area contributed by atoms with Crippen LogP contribution in [0.3, 0.4) is 0 Å². The van der Waals surface area contributed by atoms with Crippen LogP contribution in [-0.2, 0) is 0 Å². The first kappa shape index (κ1) is 9.14. The molecule has 2 unspecified atom stereocenters. The quantitative estimate of drug-likeness (QED) is 0.700. The molecule has 0 spiro atoms. The summed E-state index contributed by atoms with van der Waals surface area (Å²) in [6, 6.07) is -0.115. The minimum absolute atomic E-state index is 0.0795. The molecule has 1 fully saturated rings. The number of nitrogens with zero attached hydrogens (tertiary/aromatic N) is 3. The van der Waals surface area contributed by atoms with Crippen molar-refractivity contribution >= 4 is 5.97 Å². The van der Waals surface area contributed by atoms with Gasteiger partial charge in [0.1, 0.15) is 0 Å². The van der Waals surface area contributed by atoms with Gasteiger partial charge in [-0.05, 0) is 19.3 Å². The number of carboxylic acid groups (broad SMARTS) is 1. The predicted octanol–water partition coefficient (Wildman–Crippen LogP) is 0.0622. The maximum Gasteiger partial charge on any atom is 0.358 e. The molecule has 6 heteroatoms. The van der Waals surface area contributed by atoms with E-state index in [1.165, 1.54) is 10.9 Å². The normalized spacial score (nSPS) is 26.6. The highest BCUT2D eigenvalue weighted by atomic mass is 16.4. The Hall–Kier alpha value is -1.43. The zero-order chi connectivity index (χ0) is 10.1. The number of rotatable bonds is 2. The Morgan fingerprint density at radius 3 is 2.86 bits per heavy atom. The van der Waals surface area contributed by atoms with Gasteiger partial charge in [0.25, 0.3) is 0 Å². The van der Waals surface area contributed by atoms with Gasteiger partial charge in [-0.1, -0.05) is 5.21 Å². The van der Waals surface area contributed by atoms with Crippen molar-refractivity contribution in [2.24, 2.45) is 0 Å². The fraction of sp³-hybridized carbons (Fsp3) is 0.625. The van der Waals surface area contributed by atoms with Gasteiger partial charge >= 0.3 is 5.97 Å². The lowest BCUT2D eigenvalue weighted by molar-refractivity contribution is 0.0690. The molecule has 1 aromatic heterocycles. The van der Waals surface area contributed by atoms with Gasteiger partial charge in [0.15, 0.2) is 5.69 Å². The van der Waals surface area contributed by atoms with Gasteiger partial charge in [-0.2, -0.15) is 0 Å². The van der Waals surface area contributed by atoms with Gasteiger partial charge in [-0.3, -0.25) is 0 Å². The number of aromatic nitrogens is 3. The molecule has 76 valence electrons. The van der Waals surface area contributed by atoms with Crippen LogP contribution in [0.5, 0.6) is 0 Å². The first-order valence-electron chi connectivity index (χ1n) is 4.51. The van der Waals surface area contributed by atoms with E-state index in [1.54, 1.807) is 0 Å². The minimum atomic E-state index is -1.09. The molecule has 1 saturated carbocycles. The maximum atomic E-state index is 10.5. The molecule has 0 saturated heterocycles. The second-order valence-electron chi connectivity index (χ2n) is 3.45. The predicted molar refractivity (Wildman–Crippen MR) is 45.9 cm³/mol. The highest BCUT2D eigenvalue weighted by Gasteiger charge is 2.28. The Bertz CT molecular complexity index is 349. The lowest BCUT2D eigenvalue weighted by Crippen LogP contribution is -2.18. The molecule has 0 radical (unpaired) electrons. The van der Waals surface area contributed by atoms with E-state index < -0.39 is 12.1 Å². The largest absolute Gasteiger partial charge is 0.476 e. The van der Waals surface area contributed by atoms with Gasteiger partial charge in [0.05, 0.1) is 18.3 Å². The van der Waals surface area contributed by atoms with E-state index >= 15 is 0 Å². The minimum Gasteiger partial charge on any atom is -0.476 e. The molecule has 1 aromatic rings. The number of aliphatic hydroxyl groups is 1. The average molecular weight is 197 g/mol. The zero-order valence-electron chi connectivity index (χ0n) is 7.50. The summed E-state index contributed by atoms with van der Waals surface area (Å²) in [6.07, 6.45) is 3.44. The topological polar surface area (TPSA) is 88.2 Å². The maximum absolute atomic E-state index is 10.5. The number of aliphatic hydroxyl groups excluding tert-OH is 1. The van der Waals surface area contributed by atoms with E-state index in [2.05, 4.69) is 10.3 Å². The molecule has 14 heavy (non-hydrogen) atoms. The number of carboxylic acids is 1. The van der Waals surface area contributed by atoms with Crippen LogP contribution in [0.1, 0.15) is 35.8 Å². The van der Waals surface area contributed by atoms with E-state index in [1.807, 2.05) is 0 Å². The summed E-state index contributed by atoms with van der Waals surface area (Å²) >= 11 is 0. The summed E-state index contributed by atoms with van der Waals surface area (Å²) in [4.78, 5) is 10.5. The second-order valence-corrected chi connectivity index (χ2v) is 3.45. The van der Waals surface area contributed by atoms with Gasteiger partial charge < -0.3 is 10.2 Å². The van der Waals surface area contributed by atoms with Crippen LogP contribution < -0.4 is 0 Å². The monoisotopic (exact) mass is 197 g/mol. The molecule has 0 aromatic carbocycles. The molecule has 6 nitrogen and oxygen atoms in total. The van der Waals surface area contributed by atoms with Crippen LogP contribution >= 0.6 is 0 Å². The third-order valence-electron chi connectivity index (χ3n) is 2.51. The summed E-state index contributed by atoms with van der Waals surface area (Å²) < 4.78 is 1.45. The molecule has 1 aliphatic carbocycles. The van der Waals surface area contributed by atoms with E-state index in [9.17, 15) is 9.90 Å². The Kier molecular flexibility index (Phi) is 2.20. The van der Waals surface area contributed by atoms with Crippen molar-refractivity contribution in [2.75, 3.05) is 0 Å². The first-order valence-corrected chi connectivity index (χ1v) is 4.51. The fourth-order valence-electron chi connectivity index (χ4n) is 1.77. The van der Waals surface area contributed by atoms with Crippen molar-refractivity contribution in [3.63, 3.8) is 0 Å². The van der Waals surface area contributed by atoms with Crippen LogP contribution in [0, 0.1) is 0 Å². The fourth-order valence-corrected chi connectivity index (χ4v) is 1.77. The Balaban J connectivity index is 2.20. The van der Waals surface area contributed by atoms with E-state index in [0.717, 1.165) is 19.3 Å². The summed E-state index contributed by atoms with van der Waals surface area (Å²) in [5, 5.41) is 25.4. The molecule has 2 atom stereocenters. The van der Waals surface area contributed by atoms with Gasteiger partial charge in [0, 0.05) is 0 Å². The van der Waals surface area contributed by atoms with Gasteiger partial charge in [0.2, 0.25) is 0 Å². The molecule has 2 rings (SSSR count). The number of aromatic carboxylic acids is 1. The molecule has 1 heterocycles. The number of hydrogen-bond donors (Lipinski definition) is 2. The van der Waals surface area contributed by atoms with Crippen LogP contribution in [0.25, 0.3) is 0 Å². The molecule has 0 bridgehead atoms. The van der Waals surface area contributed by atoms with Crippen LogP contribution in [0.4, 0.5) is 0 Å². The lowest BCUT2D eigenvalue weighted by atomic mass is 10.2. The first-order chi connectivity index (χ1) is 6.68. The molecule has 0 amide bonds. The van der Waals surface area contributed by atoms with Crippen LogP contribution in [-0.4, -0.2) is 37.3 Å². The zero-order valence-corrected chi connectivity index (χ0v) is 7.50. The second kappa shape index (κ2) is 3.38. The van der Waals surface area contributed by atoms with E-state index in [-0.39, 0.29) is 11.7 Å². The number of carbonyl (C=O) groups is 1. The third kappa shape index (κ3) is 1.48. The van der Waals surface area contributed by atoms with Crippen molar-refractivity contribution in [1.82, 2.24) is 15.0 Å². The van der Waals surface area contributed by atoms with E-state index in [0.29, 0.717) is 0 Å². The SMILES string of the molecule is O=C(O)c1cn(C2CCCC2O)nn1. The van der Waals surface area contributed by atoms with Crippen LogP contribution in [0.15, 0.2) is 6.20 Å². The van der Waals surface area contributed by atoms with Crippen molar-refractivity contribution in [1.29, 1.82) is 0 Å². The van der Waals surface area contributed by atoms with Crippen molar-refractivity contribution in [3.05, 3.63) is 11.9 Å². The number of hydrogen-bond acceptors (Lipinski definition) is 4. The summed E-state index contributed by atoms with van der Waals surface area (Å²) in [7, 11) is 0. The molecule has 0 aliphatic heterocycles. The summed E-state index contributed by atoms with van der Waals surface area (Å²) in [6.45, 7) is 0. The molecular formula is C8H11N3O3. The van der Waals surface area contributed by atoms with Crippen molar-refractivity contribution in [2.45, 2.75) is 31.4 Å². The molecular weight excluding hydrogens is 186 g/mol. The van der Waals surface area contributed by atoms with Crippen molar-refractivity contribution in [3.8, 4) is 0 Å². The summed E-state index contributed by atoms with van der Waals surface area (Å²) in [5.41, 5.74) is -0.0795. The highest BCUT2D eigenvalue weighted by Crippen LogP contribution is 2.29. The molecule has 1 aliphatic rings. The van der Waals surface area contributed by atoms with E-state index in [4.69, 9.17) is 5.11 Å². The smallest absolute Gasteiger partial charge is 0.358 e. The highest BCUT2D eigenvalue weighted by molar-refractivity contribution is 5.84. The Morgan fingerprint density at radius 1 is 1.57 bits per heavy atom. The van der Waals surface area contributed by atoms with Gasteiger partial charge in [-0.15, -0.1) is 5.10 Å². The lowest BCUT2D eigenvalue weighted by Gasteiger charge is -2.13.